The fourth-order valence-electron chi connectivity index (χ4n) is 3.52. The summed E-state index contributed by atoms with van der Waals surface area (Å²) >= 11 is 0. The van der Waals surface area contributed by atoms with Gasteiger partial charge in [-0.25, -0.2) is 4.79 Å². The van der Waals surface area contributed by atoms with E-state index in [2.05, 4.69) is 19.1 Å². The van der Waals surface area contributed by atoms with Crippen molar-refractivity contribution in [2.45, 2.75) is 84.2 Å². The summed E-state index contributed by atoms with van der Waals surface area (Å²) in [6, 6.07) is 0. The summed E-state index contributed by atoms with van der Waals surface area (Å²) in [6.07, 6.45) is 17.6. The molecular formula is C22H36O4. The molecule has 0 heterocycles. The molecule has 0 spiro atoms. The molecule has 0 radical (unpaired) electrons. The maximum atomic E-state index is 12.1. The number of ketones is 1. The third-order valence-electron chi connectivity index (χ3n) is 5.06. The molecular weight excluding hydrogens is 328 g/mol. The molecule has 4 heteroatoms. The predicted octanol–water partition coefficient (Wildman–Crippen LogP) is 5.32. The highest BCUT2D eigenvalue weighted by atomic mass is 16.5. The number of carbonyl (C=O) groups excluding carboxylic acids is 1. The zero-order valence-electron chi connectivity index (χ0n) is 16.5. The lowest BCUT2D eigenvalue weighted by molar-refractivity contribution is -0.150. The van der Waals surface area contributed by atoms with Gasteiger partial charge in [0.2, 0.25) is 0 Å². The Labute approximate surface area is 158 Å². The zero-order valence-corrected chi connectivity index (χ0v) is 16.5. The minimum absolute atomic E-state index is 0.0975. The van der Waals surface area contributed by atoms with E-state index < -0.39 is 12.1 Å². The van der Waals surface area contributed by atoms with E-state index >= 15 is 0 Å². The molecule has 1 aliphatic rings. The second-order valence-corrected chi connectivity index (χ2v) is 7.12. The number of carbonyl (C=O) groups is 2. The molecule has 0 saturated heterocycles. The normalized spacial score (nSPS) is 21.8. The number of carboxylic acid groups (broad SMARTS) is 1. The molecule has 0 amide bonds. The molecule has 1 fully saturated rings. The first-order valence-electron chi connectivity index (χ1n) is 10.3. The summed E-state index contributed by atoms with van der Waals surface area (Å²) < 4.78 is 5.20. The molecule has 0 aliphatic heterocycles. The van der Waals surface area contributed by atoms with Crippen molar-refractivity contribution in [3.8, 4) is 0 Å². The molecule has 26 heavy (non-hydrogen) atoms. The van der Waals surface area contributed by atoms with Gasteiger partial charge in [0.05, 0.1) is 0 Å². The second kappa shape index (κ2) is 13.7. The molecule has 148 valence electrons. The Kier molecular flexibility index (Phi) is 12.0. The van der Waals surface area contributed by atoms with Gasteiger partial charge in [-0.05, 0) is 51.4 Å². The van der Waals surface area contributed by atoms with Crippen molar-refractivity contribution in [3.63, 3.8) is 0 Å². The number of Topliss-reactive ketones (excluding diaryl/α,β-unsaturated/α-hetero) is 1. The third kappa shape index (κ3) is 8.79. The maximum absolute atomic E-state index is 12.1. The van der Waals surface area contributed by atoms with Crippen LogP contribution in [-0.2, 0) is 14.3 Å². The monoisotopic (exact) mass is 364 g/mol. The Balaban J connectivity index is 2.34. The van der Waals surface area contributed by atoms with Crippen LogP contribution in [-0.4, -0.2) is 29.6 Å². The maximum Gasteiger partial charge on any atom is 0.332 e. The molecule has 1 N–H and O–H groups in total. The number of allylic oxidation sites excluding steroid dienone is 4. The number of aliphatic carboxylic acids is 1. The van der Waals surface area contributed by atoms with Gasteiger partial charge in [0.25, 0.3) is 0 Å². The molecule has 0 aromatic heterocycles. The van der Waals surface area contributed by atoms with Crippen LogP contribution in [0.3, 0.4) is 0 Å². The first kappa shape index (κ1) is 22.6. The first-order valence-corrected chi connectivity index (χ1v) is 10.3. The van der Waals surface area contributed by atoms with Crippen LogP contribution >= 0.6 is 0 Å². The van der Waals surface area contributed by atoms with E-state index in [1.165, 1.54) is 25.7 Å². The van der Waals surface area contributed by atoms with E-state index in [4.69, 9.17) is 9.84 Å². The average molecular weight is 365 g/mol. The van der Waals surface area contributed by atoms with E-state index in [1.807, 2.05) is 12.2 Å². The Bertz CT molecular complexity index is 467. The van der Waals surface area contributed by atoms with Crippen LogP contribution in [0.25, 0.3) is 0 Å². The van der Waals surface area contributed by atoms with E-state index in [0.717, 1.165) is 19.3 Å². The van der Waals surface area contributed by atoms with Gasteiger partial charge in [0.1, 0.15) is 5.78 Å². The number of ether oxygens (including phenoxy) is 1. The highest BCUT2D eigenvalue weighted by Gasteiger charge is 2.31. The molecule has 4 nitrogen and oxygen atoms in total. The van der Waals surface area contributed by atoms with Crippen LogP contribution in [0.2, 0.25) is 0 Å². The predicted molar refractivity (Wildman–Crippen MR) is 105 cm³/mol. The average Bonchev–Trinajstić information content (AvgIpc) is 2.96. The van der Waals surface area contributed by atoms with Crippen molar-refractivity contribution < 1.29 is 19.4 Å². The Morgan fingerprint density at radius 2 is 2.00 bits per heavy atom. The highest BCUT2D eigenvalue weighted by molar-refractivity contribution is 5.83. The summed E-state index contributed by atoms with van der Waals surface area (Å²) in [5.41, 5.74) is 0. The van der Waals surface area contributed by atoms with Crippen molar-refractivity contribution in [1.29, 1.82) is 0 Å². The number of hydrogen-bond acceptors (Lipinski definition) is 3. The largest absolute Gasteiger partial charge is 0.479 e. The highest BCUT2D eigenvalue weighted by Crippen LogP contribution is 2.33. The molecule has 1 saturated carbocycles. The van der Waals surface area contributed by atoms with Gasteiger partial charge >= 0.3 is 5.97 Å². The fourth-order valence-corrected chi connectivity index (χ4v) is 3.52. The minimum Gasteiger partial charge on any atom is -0.479 e. The van der Waals surface area contributed by atoms with Crippen molar-refractivity contribution in [2.24, 2.45) is 11.8 Å². The number of unbranched alkanes of at least 4 members (excludes halogenated alkanes) is 4. The van der Waals surface area contributed by atoms with Crippen molar-refractivity contribution in [3.05, 3.63) is 24.3 Å². The SMILES string of the molecule is CCCCCC/C=C/[C@H]1CCC(=O)[C@@H]1C/C=C\CCC(OCC)C(=O)O. The molecule has 1 aliphatic carbocycles. The van der Waals surface area contributed by atoms with E-state index in [-0.39, 0.29) is 5.92 Å². The van der Waals surface area contributed by atoms with Gasteiger partial charge in [-0.1, -0.05) is 50.5 Å². The van der Waals surface area contributed by atoms with Gasteiger partial charge in [0, 0.05) is 18.9 Å². The molecule has 0 aromatic carbocycles. The molecule has 3 atom stereocenters. The van der Waals surface area contributed by atoms with Gasteiger partial charge in [-0.3, -0.25) is 4.79 Å². The Hall–Kier alpha value is -1.42. The summed E-state index contributed by atoms with van der Waals surface area (Å²) in [6.45, 7) is 4.43. The van der Waals surface area contributed by atoms with E-state index in [1.54, 1.807) is 6.92 Å². The smallest absolute Gasteiger partial charge is 0.332 e. The number of rotatable bonds is 14. The van der Waals surface area contributed by atoms with Crippen LogP contribution < -0.4 is 0 Å². The molecule has 0 aromatic rings. The van der Waals surface area contributed by atoms with Gasteiger partial charge in [-0.15, -0.1) is 0 Å². The summed E-state index contributed by atoms with van der Waals surface area (Å²) in [5.74, 6) is -0.0720. The van der Waals surface area contributed by atoms with Crippen LogP contribution in [0.5, 0.6) is 0 Å². The quantitative estimate of drug-likeness (QED) is 0.334. The lowest BCUT2D eigenvalue weighted by Gasteiger charge is -2.13. The van der Waals surface area contributed by atoms with Crippen LogP contribution in [0.15, 0.2) is 24.3 Å². The fraction of sp³-hybridized carbons (Fsp3) is 0.727. The van der Waals surface area contributed by atoms with Gasteiger partial charge < -0.3 is 9.84 Å². The zero-order chi connectivity index (χ0) is 19.2. The summed E-state index contributed by atoms with van der Waals surface area (Å²) in [4.78, 5) is 23.2. The van der Waals surface area contributed by atoms with Gasteiger partial charge in [-0.2, -0.15) is 0 Å². The summed E-state index contributed by atoms with van der Waals surface area (Å²) in [5, 5.41) is 9.05. The lowest BCUT2D eigenvalue weighted by atomic mass is 9.91. The van der Waals surface area contributed by atoms with Crippen LogP contribution in [0.4, 0.5) is 0 Å². The van der Waals surface area contributed by atoms with Crippen LogP contribution in [0, 0.1) is 11.8 Å². The number of hydrogen-bond donors (Lipinski definition) is 1. The lowest BCUT2D eigenvalue weighted by Crippen LogP contribution is -2.23. The van der Waals surface area contributed by atoms with Gasteiger partial charge in [0.15, 0.2) is 6.10 Å². The van der Waals surface area contributed by atoms with E-state index in [9.17, 15) is 9.59 Å². The van der Waals surface area contributed by atoms with Crippen molar-refractivity contribution in [1.82, 2.24) is 0 Å². The molecule has 0 bridgehead atoms. The Morgan fingerprint density at radius 3 is 2.69 bits per heavy atom. The third-order valence-corrected chi connectivity index (χ3v) is 5.06. The molecule has 1 rings (SSSR count). The second-order valence-electron chi connectivity index (χ2n) is 7.12. The van der Waals surface area contributed by atoms with Crippen molar-refractivity contribution >= 4 is 11.8 Å². The van der Waals surface area contributed by atoms with Crippen LogP contribution in [0.1, 0.15) is 78.1 Å². The number of carboxylic acids is 1. The minimum atomic E-state index is -0.907. The van der Waals surface area contributed by atoms with E-state index in [0.29, 0.717) is 37.6 Å². The standard InChI is InChI=1S/C22H36O4/c1-3-5-6-7-8-10-13-18-16-17-20(23)19(18)14-11-9-12-15-21(22(24)25)26-4-2/h9-11,13,18-19,21H,3-8,12,14-17H2,1-2H3,(H,24,25)/b11-9-,13-10+/t18-,19+,21?/m0/s1. The Morgan fingerprint density at radius 1 is 1.19 bits per heavy atom. The topological polar surface area (TPSA) is 63.6 Å². The molecule has 1 unspecified atom stereocenters. The van der Waals surface area contributed by atoms with Crippen molar-refractivity contribution in [2.75, 3.05) is 6.61 Å². The summed E-state index contributed by atoms with van der Waals surface area (Å²) in [7, 11) is 0. The first-order chi connectivity index (χ1) is 12.6.